The topological polar surface area (TPSA) is 70.7 Å². The molecule has 1 aromatic rings. The zero-order valence-electron chi connectivity index (χ0n) is 14.5. The van der Waals surface area contributed by atoms with Gasteiger partial charge in [-0.2, -0.15) is 0 Å². The molecule has 0 atom stereocenters. The van der Waals surface area contributed by atoms with Crippen LogP contribution in [0.5, 0.6) is 0 Å². The van der Waals surface area contributed by atoms with Gasteiger partial charge in [-0.1, -0.05) is 17.7 Å². The van der Waals surface area contributed by atoms with Gasteiger partial charge in [-0.05, 0) is 37.8 Å². The van der Waals surface area contributed by atoms with E-state index in [0.29, 0.717) is 38.6 Å². The number of hydrogen-bond donors (Lipinski definition) is 2. The maximum Gasteiger partial charge on any atom is 0.321 e. The number of amides is 3. The molecule has 0 saturated carbocycles. The summed E-state index contributed by atoms with van der Waals surface area (Å²) in [6.45, 7) is 4.47. The molecule has 2 N–H and O–H groups in total. The molecule has 1 aliphatic rings. The number of nitrogens with zero attached hydrogens (tertiary/aromatic N) is 1. The van der Waals surface area contributed by atoms with Crippen LogP contribution in [0, 0.1) is 12.8 Å². The van der Waals surface area contributed by atoms with Crippen LogP contribution in [-0.4, -0.2) is 50.2 Å². The van der Waals surface area contributed by atoms with Crippen molar-refractivity contribution < 1.29 is 14.3 Å². The fourth-order valence-electron chi connectivity index (χ4n) is 2.81. The lowest BCUT2D eigenvalue weighted by Gasteiger charge is -2.31. The van der Waals surface area contributed by atoms with E-state index in [9.17, 15) is 9.59 Å². The van der Waals surface area contributed by atoms with Crippen LogP contribution in [-0.2, 0) is 9.53 Å². The van der Waals surface area contributed by atoms with E-state index in [1.807, 2.05) is 36.1 Å². The highest BCUT2D eigenvalue weighted by molar-refractivity contribution is 5.89. The molecule has 0 bridgehead atoms. The van der Waals surface area contributed by atoms with Crippen molar-refractivity contribution in [3.05, 3.63) is 29.8 Å². The van der Waals surface area contributed by atoms with Crippen molar-refractivity contribution >= 4 is 17.6 Å². The Kier molecular flexibility index (Phi) is 7.06. The molecule has 2 rings (SSSR count). The van der Waals surface area contributed by atoms with E-state index >= 15 is 0 Å². The number of ether oxygens (including phenoxy) is 1. The number of rotatable bonds is 6. The van der Waals surface area contributed by atoms with Crippen LogP contribution >= 0.6 is 0 Å². The zero-order valence-corrected chi connectivity index (χ0v) is 14.5. The zero-order chi connectivity index (χ0) is 17.4. The molecule has 1 heterocycles. The Morgan fingerprint density at radius 2 is 1.88 bits per heavy atom. The van der Waals surface area contributed by atoms with Gasteiger partial charge in [-0.15, -0.1) is 0 Å². The van der Waals surface area contributed by atoms with Crippen LogP contribution in [0.15, 0.2) is 24.3 Å². The molecular weight excluding hydrogens is 306 g/mol. The summed E-state index contributed by atoms with van der Waals surface area (Å²) in [5, 5.41) is 5.77. The fourth-order valence-corrected chi connectivity index (χ4v) is 2.81. The largest absolute Gasteiger partial charge is 0.383 e. The third-order valence-corrected chi connectivity index (χ3v) is 4.31. The maximum atomic E-state index is 12.3. The molecule has 6 nitrogen and oxygen atoms in total. The number of nitrogens with one attached hydrogen (secondary N) is 2. The number of aryl methyl sites for hydroxylation is 1. The van der Waals surface area contributed by atoms with E-state index in [1.54, 1.807) is 7.11 Å². The number of hydrogen-bond acceptors (Lipinski definition) is 3. The number of carbonyl (C=O) groups is 2. The second-order valence-corrected chi connectivity index (χ2v) is 6.27. The van der Waals surface area contributed by atoms with Gasteiger partial charge in [0.2, 0.25) is 5.91 Å². The molecule has 0 spiro atoms. The Bertz CT molecular complexity index is 537. The highest BCUT2D eigenvalue weighted by Gasteiger charge is 2.24. The number of benzene rings is 1. The SMILES string of the molecule is COCCNC(=O)CC1CCN(C(=O)Nc2ccc(C)cc2)CC1. The predicted octanol–water partition coefficient (Wildman–Crippen LogP) is 2.39. The molecule has 1 fully saturated rings. The first-order valence-electron chi connectivity index (χ1n) is 8.46. The minimum Gasteiger partial charge on any atom is -0.383 e. The molecule has 0 aliphatic carbocycles. The standard InChI is InChI=1S/C18H27N3O3/c1-14-3-5-16(6-4-14)20-18(23)21-10-7-15(8-11-21)13-17(22)19-9-12-24-2/h3-6,15H,7-13H2,1-2H3,(H,19,22)(H,20,23). The fraction of sp³-hybridized carbons (Fsp3) is 0.556. The van der Waals surface area contributed by atoms with E-state index in [4.69, 9.17) is 4.74 Å². The van der Waals surface area contributed by atoms with Gasteiger partial charge < -0.3 is 20.3 Å². The first kappa shape index (κ1) is 18.3. The predicted molar refractivity (Wildman–Crippen MR) is 94.0 cm³/mol. The average Bonchev–Trinajstić information content (AvgIpc) is 2.58. The third kappa shape index (κ3) is 5.85. The Balaban J connectivity index is 1.70. The van der Waals surface area contributed by atoms with Crippen molar-refractivity contribution in [2.75, 3.05) is 38.7 Å². The number of piperidine rings is 1. The summed E-state index contributed by atoms with van der Waals surface area (Å²) >= 11 is 0. The molecule has 0 unspecified atom stereocenters. The summed E-state index contributed by atoms with van der Waals surface area (Å²) in [6.07, 6.45) is 2.25. The lowest BCUT2D eigenvalue weighted by molar-refractivity contribution is -0.122. The number of likely N-dealkylation sites (tertiary alicyclic amines) is 1. The Morgan fingerprint density at radius 1 is 1.21 bits per heavy atom. The maximum absolute atomic E-state index is 12.3. The lowest BCUT2D eigenvalue weighted by atomic mass is 9.93. The summed E-state index contributed by atoms with van der Waals surface area (Å²) < 4.78 is 4.91. The van der Waals surface area contributed by atoms with Gasteiger partial charge in [0.1, 0.15) is 0 Å². The molecule has 1 aromatic carbocycles. The second kappa shape index (κ2) is 9.27. The van der Waals surface area contributed by atoms with E-state index in [2.05, 4.69) is 10.6 Å². The Morgan fingerprint density at radius 3 is 2.50 bits per heavy atom. The first-order chi connectivity index (χ1) is 11.6. The van der Waals surface area contributed by atoms with Crippen molar-refractivity contribution in [2.24, 2.45) is 5.92 Å². The first-order valence-corrected chi connectivity index (χ1v) is 8.46. The molecule has 24 heavy (non-hydrogen) atoms. The number of methoxy groups -OCH3 is 1. The van der Waals surface area contributed by atoms with Gasteiger partial charge >= 0.3 is 6.03 Å². The Labute approximate surface area is 143 Å². The highest BCUT2D eigenvalue weighted by atomic mass is 16.5. The van der Waals surface area contributed by atoms with Crippen molar-refractivity contribution in [1.82, 2.24) is 10.2 Å². The molecular formula is C18H27N3O3. The minimum atomic E-state index is -0.0677. The van der Waals surface area contributed by atoms with Gasteiger partial charge in [0, 0.05) is 38.9 Å². The molecule has 1 saturated heterocycles. The summed E-state index contributed by atoms with van der Waals surface area (Å²) in [4.78, 5) is 25.9. The van der Waals surface area contributed by atoms with Gasteiger partial charge in [-0.25, -0.2) is 4.79 Å². The molecule has 1 aliphatic heterocycles. The number of anilines is 1. The van der Waals surface area contributed by atoms with Crippen molar-refractivity contribution in [2.45, 2.75) is 26.2 Å². The highest BCUT2D eigenvalue weighted by Crippen LogP contribution is 2.21. The van der Waals surface area contributed by atoms with E-state index in [1.165, 1.54) is 0 Å². The number of urea groups is 1. The number of carbonyl (C=O) groups excluding carboxylic acids is 2. The summed E-state index contributed by atoms with van der Waals surface area (Å²) in [5.41, 5.74) is 1.97. The van der Waals surface area contributed by atoms with Crippen molar-refractivity contribution in [3.63, 3.8) is 0 Å². The van der Waals surface area contributed by atoms with Crippen LogP contribution in [0.1, 0.15) is 24.8 Å². The van der Waals surface area contributed by atoms with Gasteiger partial charge in [-0.3, -0.25) is 4.79 Å². The molecule has 6 heteroatoms. The molecule has 132 valence electrons. The smallest absolute Gasteiger partial charge is 0.321 e. The molecule has 0 radical (unpaired) electrons. The lowest BCUT2D eigenvalue weighted by Crippen LogP contribution is -2.42. The summed E-state index contributed by atoms with van der Waals surface area (Å²) in [6, 6.07) is 7.70. The van der Waals surface area contributed by atoms with E-state index in [-0.39, 0.29) is 11.9 Å². The van der Waals surface area contributed by atoms with Gasteiger partial charge in [0.05, 0.1) is 6.61 Å². The van der Waals surface area contributed by atoms with E-state index in [0.717, 1.165) is 24.1 Å². The molecule has 3 amide bonds. The van der Waals surface area contributed by atoms with Gasteiger partial charge in [0.25, 0.3) is 0 Å². The van der Waals surface area contributed by atoms with E-state index < -0.39 is 0 Å². The summed E-state index contributed by atoms with van der Waals surface area (Å²) in [7, 11) is 1.61. The van der Waals surface area contributed by atoms with Crippen molar-refractivity contribution in [3.8, 4) is 0 Å². The quantitative estimate of drug-likeness (QED) is 0.785. The Hall–Kier alpha value is -2.08. The third-order valence-electron chi connectivity index (χ3n) is 4.31. The van der Waals surface area contributed by atoms with Crippen LogP contribution in [0.3, 0.4) is 0 Å². The average molecular weight is 333 g/mol. The van der Waals surface area contributed by atoms with Crippen molar-refractivity contribution in [1.29, 1.82) is 0 Å². The van der Waals surface area contributed by atoms with Crippen LogP contribution < -0.4 is 10.6 Å². The van der Waals surface area contributed by atoms with Crippen LogP contribution in [0.2, 0.25) is 0 Å². The summed E-state index contributed by atoms with van der Waals surface area (Å²) in [5.74, 6) is 0.408. The monoisotopic (exact) mass is 333 g/mol. The van der Waals surface area contributed by atoms with Gasteiger partial charge in [0.15, 0.2) is 0 Å². The van der Waals surface area contributed by atoms with Crippen LogP contribution in [0.4, 0.5) is 10.5 Å². The minimum absolute atomic E-state index is 0.0645. The molecule has 0 aromatic heterocycles. The normalized spacial score (nSPS) is 15.2. The van der Waals surface area contributed by atoms with Crippen LogP contribution in [0.25, 0.3) is 0 Å². The second-order valence-electron chi connectivity index (χ2n) is 6.27.